The maximum Gasteiger partial charge on any atom is 0.370 e. The van der Waals surface area contributed by atoms with E-state index < -0.39 is 11.8 Å². The first-order valence-corrected chi connectivity index (χ1v) is 4.86. The van der Waals surface area contributed by atoms with Gasteiger partial charge in [0.25, 0.3) is 0 Å². The fourth-order valence-electron chi connectivity index (χ4n) is 1.41. The highest BCUT2D eigenvalue weighted by Crippen LogP contribution is 2.22. The lowest BCUT2D eigenvalue weighted by Gasteiger charge is -2.13. The first-order chi connectivity index (χ1) is 8.02. The van der Waals surface area contributed by atoms with Gasteiger partial charge in [-0.25, -0.2) is 14.6 Å². The van der Waals surface area contributed by atoms with Crippen LogP contribution in [-0.4, -0.2) is 40.9 Å². The Morgan fingerprint density at radius 3 is 2.06 bits per heavy atom. The number of rotatable bonds is 2. The van der Waals surface area contributed by atoms with Crippen molar-refractivity contribution < 1.29 is 14.6 Å². The van der Waals surface area contributed by atoms with Gasteiger partial charge >= 0.3 is 11.8 Å². The van der Waals surface area contributed by atoms with E-state index in [1.54, 1.807) is 12.1 Å². The summed E-state index contributed by atoms with van der Waals surface area (Å²) in [5.41, 5.74) is 0.516. The fraction of sp³-hybridized carbons (Fsp3) is 0.200. The van der Waals surface area contributed by atoms with Crippen molar-refractivity contribution in [3.63, 3.8) is 0 Å². The molecule has 1 aliphatic rings. The molecule has 88 valence electrons. The molecule has 0 bridgehead atoms. The van der Waals surface area contributed by atoms with E-state index >= 15 is 0 Å². The molecule has 0 N–H and O–H groups in total. The van der Waals surface area contributed by atoms with Gasteiger partial charge in [-0.05, 0) is 17.1 Å². The summed E-state index contributed by atoms with van der Waals surface area (Å²) in [6, 6.07) is 6.34. The Hall–Kier alpha value is -2.44. The molecule has 0 aliphatic carbocycles. The number of carbonyl (C=O) groups excluding carboxylic acids is 2. The molecule has 1 heterocycles. The second kappa shape index (κ2) is 3.85. The molecule has 0 spiro atoms. The highest BCUT2D eigenvalue weighted by molar-refractivity contribution is 6.20. The van der Waals surface area contributed by atoms with E-state index in [-0.39, 0.29) is 16.1 Å². The molecule has 1 aliphatic heterocycles. The SMILES string of the molecule is CN(C)/[N+]([O-])=N\N1C(=O)c2ccccc2C1=O. The summed E-state index contributed by atoms with van der Waals surface area (Å²) in [6.45, 7) is 0. The Morgan fingerprint density at radius 1 is 1.18 bits per heavy atom. The Morgan fingerprint density at radius 2 is 1.65 bits per heavy atom. The van der Waals surface area contributed by atoms with Crippen molar-refractivity contribution in [1.29, 1.82) is 0 Å². The number of amides is 2. The minimum atomic E-state index is -0.590. The first-order valence-electron chi connectivity index (χ1n) is 4.86. The third kappa shape index (κ3) is 1.71. The maximum absolute atomic E-state index is 11.8. The normalized spacial score (nSPS) is 15.2. The Labute approximate surface area is 97.1 Å². The number of fused-ring (bicyclic) bond motifs is 1. The Bertz CT molecular complexity index is 489. The summed E-state index contributed by atoms with van der Waals surface area (Å²) >= 11 is 0. The summed E-state index contributed by atoms with van der Waals surface area (Å²) in [5, 5.41) is 16.3. The van der Waals surface area contributed by atoms with Gasteiger partial charge in [0, 0.05) is 14.1 Å². The molecule has 2 rings (SSSR count). The van der Waals surface area contributed by atoms with Crippen molar-refractivity contribution in [3.8, 4) is 0 Å². The van der Waals surface area contributed by atoms with Crippen LogP contribution in [-0.2, 0) is 0 Å². The fourth-order valence-corrected chi connectivity index (χ4v) is 1.41. The van der Waals surface area contributed by atoms with Crippen molar-refractivity contribution in [3.05, 3.63) is 40.6 Å². The zero-order valence-corrected chi connectivity index (χ0v) is 9.32. The first kappa shape index (κ1) is 11.1. The van der Waals surface area contributed by atoms with Gasteiger partial charge in [0.15, 0.2) is 0 Å². The third-order valence-corrected chi connectivity index (χ3v) is 2.28. The number of nitrogens with zero attached hydrogens (tertiary/aromatic N) is 4. The lowest BCUT2D eigenvalue weighted by Crippen LogP contribution is -2.30. The van der Waals surface area contributed by atoms with E-state index in [0.717, 1.165) is 5.01 Å². The summed E-state index contributed by atoms with van der Waals surface area (Å²) in [5.74, 6) is -1.18. The highest BCUT2D eigenvalue weighted by Gasteiger charge is 2.43. The summed E-state index contributed by atoms with van der Waals surface area (Å²) in [7, 11) is 2.91. The van der Waals surface area contributed by atoms with Gasteiger partial charge < -0.3 is 5.21 Å². The summed E-state index contributed by atoms with van der Waals surface area (Å²) in [6.07, 6.45) is 0. The predicted octanol–water partition coefficient (Wildman–Crippen LogP) is 0.637. The van der Waals surface area contributed by atoms with Crippen molar-refractivity contribution in [1.82, 2.24) is 10.0 Å². The lowest BCUT2D eigenvalue weighted by atomic mass is 10.1. The molecular weight excluding hydrogens is 224 g/mol. The topological polar surface area (TPSA) is 79.1 Å². The number of hydrogen-bond acceptors (Lipinski definition) is 4. The van der Waals surface area contributed by atoms with Gasteiger partial charge in [0.1, 0.15) is 5.22 Å². The van der Waals surface area contributed by atoms with Crippen molar-refractivity contribution in [2.24, 2.45) is 5.22 Å². The van der Waals surface area contributed by atoms with E-state index in [4.69, 9.17) is 0 Å². The molecule has 0 atom stereocenters. The van der Waals surface area contributed by atoms with Crippen molar-refractivity contribution in [2.45, 2.75) is 0 Å². The zero-order chi connectivity index (χ0) is 12.6. The molecule has 0 fully saturated rings. The molecule has 0 saturated carbocycles. The monoisotopic (exact) mass is 234 g/mol. The van der Waals surface area contributed by atoms with Crippen LogP contribution in [0.15, 0.2) is 29.5 Å². The third-order valence-electron chi connectivity index (χ3n) is 2.28. The maximum atomic E-state index is 11.8. The molecule has 2 amide bonds. The van der Waals surface area contributed by atoms with Gasteiger partial charge in [-0.3, -0.25) is 0 Å². The van der Waals surface area contributed by atoms with Crippen LogP contribution in [0.4, 0.5) is 0 Å². The molecule has 1 aromatic carbocycles. The highest BCUT2D eigenvalue weighted by atomic mass is 16.6. The molecular formula is C10H10N4O3. The summed E-state index contributed by atoms with van der Waals surface area (Å²) < 4.78 is 0. The van der Waals surface area contributed by atoms with Crippen LogP contribution in [0.5, 0.6) is 0 Å². The largest absolute Gasteiger partial charge is 0.673 e. The van der Waals surface area contributed by atoms with Crippen molar-refractivity contribution >= 4 is 11.8 Å². The van der Waals surface area contributed by atoms with Crippen molar-refractivity contribution in [2.75, 3.05) is 14.1 Å². The number of hydrogen-bond donors (Lipinski definition) is 0. The van der Waals surface area contributed by atoms with Gasteiger partial charge in [-0.1, -0.05) is 17.1 Å². The molecule has 0 unspecified atom stereocenters. The van der Waals surface area contributed by atoms with E-state index in [9.17, 15) is 14.8 Å². The van der Waals surface area contributed by atoms with Crippen LogP contribution in [0.2, 0.25) is 0 Å². The smallest absolute Gasteiger partial charge is 0.370 e. The zero-order valence-electron chi connectivity index (χ0n) is 9.32. The minimum Gasteiger partial charge on any atom is -0.673 e. The number of imide groups is 1. The number of carbonyl (C=O) groups is 2. The molecule has 0 saturated heterocycles. The van der Waals surface area contributed by atoms with Crippen LogP contribution in [0, 0.1) is 5.21 Å². The quantitative estimate of drug-likeness (QED) is 0.325. The van der Waals surface area contributed by atoms with Gasteiger partial charge in [0.05, 0.1) is 11.1 Å². The van der Waals surface area contributed by atoms with Crippen LogP contribution in [0.25, 0.3) is 0 Å². The number of benzene rings is 1. The van der Waals surface area contributed by atoms with Crippen LogP contribution < -0.4 is 0 Å². The second-order valence-electron chi connectivity index (χ2n) is 3.66. The van der Waals surface area contributed by atoms with E-state index in [0.29, 0.717) is 5.01 Å². The second-order valence-corrected chi connectivity index (χ2v) is 3.66. The Balaban J connectivity index is 2.40. The summed E-state index contributed by atoms with van der Waals surface area (Å²) in [4.78, 5) is 23.8. The van der Waals surface area contributed by atoms with E-state index in [1.807, 2.05) is 0 Å². The molecule has 7 heteroatoms. The lowest BCUT2D eigenvalue weighted by molar-refractivity contribution is -0.688. The molecule has 7 nitrogen and oxygen atoms in total. The minimum absolute atomic E-state index is 0.168. The van der Waals surface area contributed by atoms with Crippen LogP contribution >= 0.6 is 0 Å². The van der Waals surface area contributed by atoms with E-state index in [2.05, 4.69) is 5.22 Å². The average molecular weight is 234 g/mol. The predicted molar refractivity (Wildman–Crippen MR) is 56.7 cm³/mol. The van der Waals surface area contributed by atoms with E-state index in [1.165, 1.54) is 26.2 Å². The number of hydrazine groups is 1. The van der Waals surface area contributed by atoms with Gasteiger partial charge in [-0.2, -0.15) is 0 Å². The standard InChI is InChI=1S/C10H10N4O3/c1-12(2)14(17)11-13-9(15)7-5-3-4-6-8(7)10(13)16/h3-6H,1-2H3/b14-11+. The van der Waals surface area contributed by atoms with Gasteiger partial charge in [-0.15, -0.1) is 0 Å². The molecule has 0 radical (unpaired) electrons. The van der Waals surface area contributed by atoms with Crippen LogP contribution in [0.3, 0.4) is 0 Å². The molecule has 17 heavy (non-hydrogen) atoms. The molecule has 0 aromatic heterocycles. The molecule has 1 aromatic rings. The van der Waals surface area contributed by atoms with Crippen LogP contribution in [0.1, 0.15) is 20.7 Å². The van der Waals surface area contributed by atoms with Gasteiger partial charge in [0.2, 0.25) is 0 Å². The average Bonchev–Trinajstić information content (AvgIpc) is 2.55. The Kier molecular flexibility index (Phi) is 2.51.